The molecule has 1 saturated heterocycles. The van der Waals surface area contributed by atoms with Crippen LogP contribution in [0, 0.1) is 17.8 Å². The Hall–Kier alpha value is -2.34. The van der Waals surface area contributed by atoms with Gasteiger partial charge in [-0.2, -0.15) is 0 Å². The highest BCUT2D eigenvalue weighted by atomic mass is 35.6. The first kappa shape index (κ1) is 22.5. The molecule has 5 nitrogen and oxygen atoms in total. The van der Waals surface area contributed by atoms with Gasteiger partial charge in [-0.05, 0) is 42.5 Å². The number of imide groups is 1. The van der Waals surface area contributed by atoms with E-state index in [-0.39, 0.29) is 17.7 Å². The average Bonchev–Trinajstić information content (AvgIpc) is 3.32. The van der Waals surface area contributed by atoms with Gasteiger partial charge in [0.15, 0.2) is 0 Å². The molecule has 1 saturated carbocycles. The number of hydrogen-bond acceptors (Lipinski definition) is 3. The summed E-state index contributed by atoms with van der Waals surface area (Å²) in [5.41, 5.74) is 3.77. The Labute approximate surface area is 206 Å². The van der Waals surface area contributed by atoms with E-state index in [2.05, 4.69) is 5.32 Å². The van der Waals surface area contributed by atoms with Gasteiger partial charge in [0.2, 0.25) is 11.8 Å². The van der Waals surface area contributed by atoms with Crippen LogP contribution in [0.25, 0.3) is 5.57 Å². The van der Waals surface area contributed by atoms with Crippen LogP contribution in [0.4, 0.5) is 5.69 Å². The smallest absolute Gasteiger partial charge is 0.272 e. The fraction of sp³-hybridized carbons (Fsp3) is 0.320. The number of allylic oxidation sites excluding steroid dienone is 1. The highest BCUT2D eigenvalue weighted by Crippen LogP contribution is 2.54. The standard InChI is InChI=1S/C25H21Cl3N2O3/c26-25(27,28)24(33)29-19-12-11-16-17(14-7-3-1-4-8-14)13-18-21(20(16)19)23(32)30(22(18)31)15-9-5-2-6-10-15/h1-10,18-21H,11-13H2,(H,29,33)/t18-,19?,20-,21-/m0/s1. The molecule has 0 aromatic heterocycles. The molecule has 3 aliphatic rings. The molecule has 4 atom stereocenters. The fourth-order valence-corrected chi connectivity index (χ4v) is 5.79. The molecular weight excluding hydrogens is 483 g/mol. The van der Waals surface area contributed by atoms with Crippen LogP contribution >= 0.6 is 34.8 Å². The number of hydrogen-bond donors (Lipinski definition) is 1. The Kier molecular flexibility index (Phi) is 5.76. The van der Waals surface area contributed by atoms with E-state index in [1.807, 2.05) is 36.4 Å². The third-order valence-electron chi connectivity index (χ3n) is 6.95. The molecule has 1 aliphatic heterocycles. The highest BCUT2D eigenvalue weighted by molar-refractivity contribution is 6.76. The first-order chi connectivity index (χ1) is 15.8. The van der Waals surface area contributed by atoms with Crippen molar-refractivity contribution in [3.05, 3.63) is 71.8 Å². The number of nitrogens with zero attached hydrogens (tertiary/aromatic N) is 1. The molecule has 2 fully saturated rings. The van der Waals surface area contributed by atoms with Crippen LogP contribution in [0.1, 0.15) is 24.8 Å². The van der Waals surface area contributed by atoms with Crippen LogP contribution in [0.15, 0.2) is 66.2 Å². The van der Waals surface area contributed by atoms with Crippen LogP contribution in [-0.2, 0) is 14.4 Å². The maximum absolute atomic E-state index is 13.7. The topological polar surface area (TPSA) is 66.5 Å². The minimum absolute atomic E-state index is 0.206. The molecule has 2 aliphatic carbocycles. The second-order valence-corrected chi connectivity index (χ2v) is 11.0. The second-order valence-electron chi connectivity index (χ2n) is 8.70. The highest BCUT2D eigenvalue weighted by Gasteiger charge is 2.58. The van der Waals surface area contributed by atoms with Crippen molar-refractivity contribution in [2.75, 3.05) is 4.90 Å². The zero-order valence-electron chi connectivity index (χ0n) is 17.5. The third-order valence-corrected chi connectivity index (χ3v) is 7.46. The first-order valence-electron chi connectivity index (χ1n) is 10.8. The number of carbonyl (C=O) groups is 3. The Bertz CT molecular complexity index is 1140. The summed E-state index contributed by atoms with van der Waals surface area (Å²) in [6.45, 7) is 0. The van der Waals surface area contributed by atoms with Crippen molar-refractivity contribution >= 4 is 63.8 Å². The number of anilines is 1. The van der Waals surface area contributed by atoms with Crippen LogP contribution in [0.5, 0.6) is 0 Å². The quantitative estimate of drug-likeness (QED) is 0.478. The Morgan fingerprint density at radius 1 is 0.909 bits per heavy atom. The van der Waals surface area contributed by atoms with Crippen molar-refractivity contribution in [3.63, 3.8) is 0 Å². The molecular formula is C25H21Cl3N2O3. The number of carbonyl (C=O) groups excluding carboxylic acids is 3. The predicted molar refractivity (Wildman–Crippen MR) is 129 cm³/mol. The zero-order valence-corrected chi connectivity index (χ0v) is 19.8. The summed E-state index contributed by atoms with van der Waals surface area (Å²) in [5.74, 6) is -2.57. The molecule has 170 valence electrons. The van der Waals surface area contributed by atoms with Crippen molar-refractivity contribution in [2.24, 2.45) is 17.8 Å². The van der Waals surface area contributed by atoms with Crippen molar-refractivity contribution in [3.8, 4) is 0 Å². The second kappa shape index (κ2) is 8.46. The fourth-order valence-electron chi connectivity index (χ4n) is 5.62. The summed E-state index contributed by atoms with van der Waals surface area (Å²) in [7, 11) is 0. The molecule has 1 unspecified atom stereocenters. The maximum atomic E-state index is 13.7. The molecule has 2 aromatic carbocycles. The van der Waals surface area contributed by atoms with Crippen LogP contribution < -0.4 is 10.2 Å². The van der Waals surface area contributed by atoms with Gasteiger partial charge >= 0.3 is 0 Å². The minimum Gasteiger partial charge on any atom is -0.349 e. The number of halogens is 3. The lowest BCUT2D eigenvalue weighted by molar-refractivity contribution is -0.124. The Morgan fingerprint density at radius 2 is 1.55 bits per heavy atom. The lowest BCUT2D eigenvalue weighted by Gasteiger charge is -2.35. The van der Waals surface area contributed by atoms with E-state index < -0.39 is 27.6 Å². The molecule has 0 spiro atoms. The van der Waals surface area contributed by atoms with Gasteiger partial charge in [0, 0.05) is 12.0 Å². The van der Waals surface area contributed by atoms with Crippen LogP contribution in [0.2, 0.25) is 0 Å². The van der Waals surface area contributed by atoms with E-state index in [1.165, 1.54) is 4.90 Å². The summed E-state index contributed by atoms with van der Waals surface area (Å²) < 4.78 is -2.10. The lowest BCUT2D eigenvalue weighted by Crippen LogP contribution is -2.48. The number of rotatable bonds is 3. The average molecular weight is 504 g/mol. The van der Waals surface area contributed by atoms with Gasteiger partial charge < -0.3 is 5.32 Å². The van der Waals surface area contributed by atoms with E-state index >= 15 is 0 Å². The van der Waals surface area contributed by atoms with E-state index in [4.69, 9.17) is 34.8 Å². The first-order valence-corrected chi connectivity index (χ1v) is 12.0. The van der Waals surface area contributed by atoms with Gasteiger partial charge in [0.25, 0.3) is 9.70 Å². The molecule has 1 heterocycles. The molecule has 2 aromatic rings. The predicted octanol–water partition coefficient (Wildman–Crippen LogP) is 4.91. The molecule has 8 heteroatoms. The monoisotopic (exact) mass is 502 g/mol. The van der Waals surface area contributed by atoms with Crippen molar-refractivity contribution in [2.45, 2.75) is 29.1 Å². The van der Waals surface area contributed by atoms with Gasteiger partial charge in [-0.25, -0.2) is 0 Å². The molecule has 0 bridgehead atoms. The van der Waals surface area contributed by atoms with Gasteiger partial charge in [-0.15, -0.1) is 0 Å². The number of fused-ring (bicyclic) bond motifs is 3. The molecule has 33 heavy (non-hydrogen) atoms. The summed E-state index contributed by atoms with van der Waals surface area (Å²) in [6, 6.07) is 18.5. The van der Waals surface area contributed by atoms with Crippen molar-refractivity contribution in [1.82, 2.24) is 5.32 Å². The number of benzene rings is 2. The summed E-state index contributed by atoms with van der Waals surface area (Å²) in [4.78, 5) is 41.0. The lowest BCUT2D eigenvalue weighted by atomic mass is 9.68. The summed E-state index contributed by atoms with van der Waals surface area (Å²) in [6.07, 6.45) is 1.80. The van der Waals surface area contributed by atoms with Crippen molar-refractivity contribution < 1.29 is 14.4 Å². The normalized spacial score (nSPS) is 26.9. The molecule has 1 N–H and O–H groups in total. The van der Waals surface area contributed by atoms with E-state index in [1.54, 1.807) is 24.3 Å². The Morgan fingerprint density at radius 3 is 2.18 bits per heavy atom. The van der Waals surface area contributed by atoms with E-state index in [0.717, 1.165) is 16.7 Å². The van der Waals surface area contributed by atoms with Crippen LogP contribution in [0.3, 0.4) is 0 Å². The molecule has 5 rings (SSSR count). The van der Waals surface area contributed by atoms with E-state index in [0.29, 0.717) is 24.9 Å². The Balaban J connectivity index is 1.58. The number of amides is 3. The minimum atomic E-state index is -2.10. The summed E-state index contributed by atoms with van der Waals surface area (Å²) in [5, 5.41) is 2.84. The third kappa shape index (κ3) is 3.86. The number of para-hydroxylation sites is 1. The largest absolute Gasteiger partial charge is 0.349 e. The SMILES string of the molecule is O=C1[C@H]2[C@H](CC(c3ccccc3)=C3CCC(NC(=O)C(Cl)(Cl)Cl)[C@H]32)C(=O)N1c1ccccc1. The summed E-state index contributed by atoms with van der Waals surface area (Å²) >= 11 is 17.4. The van der Waals surface area contributed by atoms with Gasteiger partial charge in [0.1, 0.15) is 0 Å². The van der Waals surface area contributed by atoms with E-state index in [9.17, 15) is 14.4 Å². The zero-order chi connectivity index (χ0) is 23.3. The van der Waals surface area contributed by atoms with Crippen molar-refractivity contribution in [1.29, 1.82) is 0 Å². The van der Waals surface area contributed by atoms with Gasteiger partial charge in [0.05, 0.1) is 17.5 Å². The van der Waals surface area contributed by atoms with Gasteiger partial charge in [-0.1, -0.05) is 88.9 Å². The maximum Gasteiger partial charge on any atom is 0.272 e. The van der Waals surface area contributed by atoms with Gasteiger partial charge in [-0.3, -0.25) is 19.3 Å². The van der Waals surface area contributed by atoms with Crippen LogP contribution in [-0.4, -0.2) is 27.6 Å². The molecule has 3 amide bonds. The number of alkyl halides is 3. The molecule has 0 radical (unpaired) electrons. The number of nitrogens with one attached hydrogen (secondary N) is 1.